The van der Waals surface area contributed by atoms with Gasteiger partial charge in [-0.3, -0.25) is 4.72 Å². The highest BCUT2D eigenvalue weighted by Gasteiger charge is 2.22. The average Bonchev–Trinajstić information content (AvgIpc) is 3.00. The van der Waals surface area contributed by atoms with Gasteiger partial charge in [0.2, 0.25) is 0 Å². The van der Waals surface area contributed by atoms with Crippen LogP contribution in [0.2, 0.25) is 0 Å². The molecule has 0 atom stereocenters. The van der Waals surface area contributed by atoms with Crippen molar-refractivity contribution in [3.63, 3.8) is 0 Å². The summed E-state index contributed by atoms with van der Waals surface area (Å²) in [6.07, 6.45) is 2.83. The average molecular weight is 430 g/mol. The molecule has 0 saturated carbocycles. The molecule has 0 bridgehead atoms. The number of carbonyl (C=O) groups excluding carboxylic acids is 1. The number of benzene rings is 2. The fourth-order valence-corrected chi connectivity index (χ4v) is 4.36. The summed E-state index contributed by atoms with van der Waals surface area (Å²) in [5, 5.41) is 0.528. The summed E-state index contributed by atoms with van der Waals surface area (Å²) in [6, 6.07) is 9.98. The number of esters is 1. The Morgan fingerprint density at radius 3 is 2.43 bits per heavy atom. The predicted molar refractivity (Wildman–Crippen MR) is 117 cm³/mol. The van der Waals surface area contributed by atoms with Crippen LogP contribution in [-0.2, 0) is 14.8 Å². The van der Waals surface area contributed by atoms with Crippen molar-refractivity contribution in [3.05, 3.63) is 58.8 Å². The van der Waals surface area contributed by atoms with E-state index in [0.717, 1.165) is 24.8 Å². The number of unbranched alkanes of at least 4 members (excludes halogenated alkanes) is 2. The lowest BCUT2D eigenvalue weighted by molar-refractivity contribution is 0.0498. The van der Waals surface area contributed by atoms with Crippen molar-refractivity contribution in [1.29, 1.82) is 0 Å². The van der Waals surface area contributed by atoms with Crippen molar-refractivity contribution >= 4 is 32.6 Å². The first kappa shape index (κ1) is 21.9. The molecule has 2 aromatic carbocycles. The molecule has 7 heteroatoms. The maximum atomic E-state index is 12.8. The molecule has 1 heterocycles. The first-order valence-electron chi connectivity index (χ1n) is 10.0. The normalized spacial score (nSPS) is 11.6. The maximum Gasteiger partial charge on any atom is 0.342 e. The van der Waals surface area contributed by atoms with Gasteiger partial charge in [0.1, 0.15) is 16.9 Å². The van der Waals surface area contributed by atoms with Gasteiger partial charge in [-0.05, 0) is 57.0 Å². The summed E-state index contributed by atoms with van der Waals surface area (Å²) >= 11 is 0. The second-order valence-corrected chi connectivity index (χ2v) is 9.14. The van der Waals surface area contributed by atoms with Crippen LogP contribution in [0.5, 0.6) is 0 Å². The van der Waals surface area contributed by atoms with E-state index in [0.29, 0.717) is 40.2 Å². The molecule has 1 aromatic heterocycles. The Hall–Kier alpha value is -2.80. The lowest BCUT2D eigenvalue weighted by Crippen LogP contribution is -2.14. The zero-order valence-corrected chi connectivity index (χ0v) is 18.6. The third-order valence-electron chi connectivity index (χ3n) is 4.97. The van der Waals surface area contributed by atoms with Crippen LogP contribution < -0.4 is 4.72 Å². The van der Waals surface area contributed by atoms with Gasteiger partial charge >= 0.3 is 5.97 Å². The number of furan rings is 1. The largest absolute Gasteiger partial charge is 0.462 e. The molecule has 0 saturated heterocycles. The highest BCUT2D eigenvalue weighted by Crippen LogP contribution is 2.32. The van der Waals surface area contributed by atoms with Crippen LogP contribution in [0.1, 0.15) is 53.4 Å². The van der Waals surface area contributed by atoms with Gasteiger partial charge in [-0.1, -0.05) is 37.5 Å². The number of rotatable bonds is 8. The molecule has 3 rings (SSSR count). The second kappa shape index (κ2) is 8.92. The SMILES string of the molecule is CCCCCOC(=O)c1c(C)oc2cc(C)c(NS(=O)(=O)c3ccc(C)cc3)cc12. The van der Waals surface area contributed by atoms with Crippen LogP contribution in [0.3, 0.4) is 0 Å². The fourth-order valence-electron chi connectivity index (χ4n) is 3.24. The molecule has 0 spiro atoms. The molecular weight excluding hydrogens is 402 g/mol. The Morgan fingerprint density at radius 2 is 1.77 bits per heavy atom. The van der Waals surface area contributed by atoms with Crippen molar-refractivity contribution in [2.45, 2.75) is 51.9 Å². The second-order valence-electron chi connectivity index (χ2n) is 7.46. The van der Waals surface area contributed by atoms with Crippen LogP contribution in [-0.4, -0.2) is 21.0 Å². The van der Waals surface area contributed by atoms with Crippen molar-refractivity contribution in [3.8, 4) is 0 Å². The lowest BCUT2D eigenvalue weighted by atomic mass is 10.1. The first-order valence-corrected chi connectivity index (χ1v) is 11.5. The zero-order chi connectivity index (χ0) is 21.9. The number of ether oxygens (including phenoxy) is 1. The summed E-state index contributed by atoms with van der Waals surface area (Å²) in [5.41, 5.74) is 2.90. The van der Waals surface area contributed by atoms with E-state index in [4.69, 9.17) is 9.15 Å². The third kappa shape index (κ3) is 4.67. The monoisotopic (exact) mass is 429 g/mol. The van der Waals surface area contributed by atoms with Crippen molar-refractivity contribution in [2.24, 2.45) is 0 Å². The van der Waals surface area contributed by atoms with Crippen LogP contribution >= 0.6 is 0 Å². The van der Waals surface area contributed by atoms with Crippen LogP contribution in [0.25, 0.3) is 11.0 Å². The quantitative estimate of drug-likeness (QED) is 0.377. The van der Waals surface area contributed by atoms with E-state index < -0.39 is 16.0 Å². The Bertz CT molecular complexity index is 1160. The van der Waals surface area contributed by atoms with Crippen molar-refractivity contribution < 1.29 is 22.4 Å². The Kier molecular flexibility index (Phi) is 6.51. The number of fused-ring (bicyclic) bond motifs is 1. The predicted octanol–water partition coefficient (Wildman–Crippen LogP) is 5.51. The summed E-state index contributed by atoms with van der Waals surface area (Å²) in [5.74, 6) is -0.0121. The van der Waals surface area contributed by atoms with Gasteiger partial charge < -0.3 is 9.15 Å². The highest BCUT2D eigenvalue weighted by molar-refractivity contribution is 7.92. The molecule has 0 unspecified atom stereocenters. The third-order valence-corrected chi connectivity index (χ3v) is 6.35. The van der Waals surface area contributed by atoms with Gasteiger partial charge in [-0.25, -0.2) is 13.2 Å². The van der Waals surface area contributed by atoms with Crippen molar-refractivity contribution in [2.75, 3.05) is 11.3 Å². The molecule has 1 N–H and O–H groups in total. The summed E-state index contributed by atoms with van der Waals surface area (Å²) < 4.78 is 39.4. The van der Waals surface area contributed by atoms with Gasteiger partial charge in [0.05, 0.1) is 17.2 Å². The lowest BCUT2D eigenvalue weighted by Gasteiger charge is -2.11. The van der Waals surface area contributed by atoms with Gasteiger partial charge in [0, 0.05) is 5.39 Å². The topological polar surface area (TPSA) is 85.6 Å². The highest BCUT2D eigenvalue weighted by atomic mass is 32.2. The molecule has 0 amide bonds. The molecule has 0 fully saturated rings. The number of anilines is 1. The number of sulfonamides is 1. The number of hydrogen-bond acceptors (Lipinski definition) is 5. The van der Waals surface area contributed by atoms with Gasteiger partial charge in [0.15, 0.2) is 0 Å². The van der Waals surface area contributed by atoms with Crippen LogP contribution in [0, 0.1) is 20.8 Å². The molecule has 0 radical (unpaired) electrons. The van der Waals surface area contributed by atoms with E-state index in [2.05, 4.69) is 11.6 Å². The minimum absolute atomic E-state index is 0.173. The minimum Gasteiger partial charge on any atom is -0.462 e. The van der Waals surface area contributed by atoms with E-state index in [9.17, 15) is 13.2 Å². The Morgan fingerprint density at radius 1 is 1.07 bits per heavy atom. The Balaban J connectivity index is 1.93. The molecule has 6 nitrogen and oxygen atoms in total. The molecule has 160 valence electrons. The molecule has 0 aliphatic rings. The number of aryl methyl sites for hydroxylation is 3. The van der Waals surface area contributed by atoms with E-state index in [1.807, 2.05) is 6.92 Å². The molecule has 0 aliphatic heterocycles. The molecule has 3 aromatic rings. The van der Waals surface area contributed by atoms with E-state index >= 15 is 0 Å². The van der Waals surface area contributed by atoms with Crippen molar-refractivity contribution in [1.82, 2.24) is 0 Å². The van der Waals surface area contributed by atoms with E-state index in [-0.39, 0.29) is 4.90 Å². The number of nitrogens with one attached hydrogen (secondary N) is 1. The van der Waals surface area contributed by atoms with E-state index in [1.165, 1.54) is 0 Å². The van der Waals surface area contributed by atoms with Crippen LogP contribution in [0.4, 0.5) is 5.69 Å². The first-order chi connectivity index (χ1) is 14.2. The maximum absolute atomic E-state index is 12.8. The molecular formula is C23H27NO5S. The summed E-state index contributed by atoms with van der Waals surface area (Å²) in [4.78, 5) is 12.8. The standard InChI is InChI=1S/C23H27NO5S/c1-5-6-7-12-28-23(25)22-17(4)29-21-13-16(3)20(14-19(21)22)24-30(26,27)18-10-8-15(2)9-11-18/h8-11,13-14,24H,5-7,12H2,1-4H3. The van der Waals surface area contributed by atoms with E-state index in [1.54, 1.807) is 50.2 Å². The summed E-state index contributed by atoms with van der Waals surface area (Å²) in [6.45, 7) is 7.81. The van der Waals surface area contributed by atoms with Gasteiger partial charge in [0.25, 0.3) is 10.0 Å². The van der Waals surface area contributed by atoms with Gasteiger partial charge in [-0.15, -0.1) is 0 Å². The molecule has 30 heavy (non-hydrogen) atoms. The number of carbonyl (C=O) groups is 1. The molecule has 0 aliphatic carbocycles. The van der Waals surface area contributed by atoms with Crippen LogP contribution in [0.15, 0.2) is 45.7 Å². The fraction of sp³-hybridized carbons (Fsp3) is 0.348. The summed E-state index contributed by atoms with van der Waals surface area (Å²) in [7, 11) is -3.76. The minimum atomic E-state index is -3.76. The smallest absolute Gasteiger partial charge is 0.342 e. The number of hydrogen-bond donors (Lipinski definition) is 1. The van der Waals surface area contributed by atoms with Gasteiger partial charge in [-0.2, -0.15) is 0 Å². The Labute approximate surface area is 177 Å². The zero-order valence-electron chi connectivity index (χ0n) is 17.7.